The zero-order valence-electron chi connectivity index (χ0n) is 37.9. The summed E-state index contributed by atoms with van der Waals surface area (Å²) in [6.45, 7) is -4.40. The Kier molecular flexibility index (Phi) is 21.2. The third-order valence-corrected chi connectivity index (χ3v) is 13.0. The lowest BCUT2D eigenvalue weighted by molar-refractivity contribution is -0.393. The predicted octanol–water partition coefficient (Wildman–Crippen LogP) is -12.1. The van der Waals surface area contributed by atoms with Gasteiger partial charge in [-0.2, -0.15) is 0 Å². The van der Waals surface area contributed by atoms with Crippen LogP contribution in [0.3, 0.4) is 0 Å². The summed E-state index contributed by atoms with van der Waals surface area (Å²) in [6, 6.07) is 0. The van der Waals surface area contributed by atoms with Gasteiger partial charge in [-0.1, -0.05) is 0 Å². The minimum absolute atomic E-state index is 0.332. The van der Waals surface area contributed by atoms with Gasteiger partial charge in [0.2, 0.25) is 0 Å². The van der Waals surface area contributed by atoms with Gasteiger partial charge in [0, 0.05) is 21.3 Å². The molecular weight excluding hydrogens is 964 g/mol. The molecule has 12 unspecified atom stereocenters. The van der Waals surface area contributed by atoms with Gasteiger partial charge in [-0.15, -0.1) is 0 Å². The second kappa shape index (κ2) is 25.5. The van der Waals surface area contributed by atoms with Crippen molar-refractivity contribution in [1.29, 1.82) is 0 Å². The van der Waals surface area contributed by atoms with Crippen molar-refractivity contribution in [3.05, 3.63) is 0 Å². The molecule has 410 valence electrons. The fraction of sp³-hybridized carbons (Fsp3) is 1.00. The number of aliphatic hydroxyl groups excluding tert-OH is 17. The highest BCUT2D eigenvalue weighted by molar-refractivity contribution is 4.99. The van der Waals surface area contributed by atoms with Gasteiger partial charge in [-0.25, -0.2) is 0 Å². The van der Waals surface area contributed by atoms with Gasteiger partial charge in [0.1, 0.15) is 146 Å². The van der Waals surface area contributed by atoms with E-state index in [1.165, 1.54) is 21.3 Å². The third kappa shape index (κ3) is 12.2. The zero-order chi connectivity index (χ0) is 51.5. The van der Waals surface area contributed by atoms with Crippen LogP contribution in [0.2, 0.25) is 0 Å². The van der Waals surface area contributed by atoms with Gasteiger partial charge in [0.05, 0.1) is 39.6 Å². The SMILES string of the molecule is COCC1OC(O[C@@H]2C(O[C@@H]3C(CO)OC(O)[C@@H](O)[C@H]3O)OC(COC3OC(COC4OC(CO)[C@@H](OC)[C@H](O)[C@@H]4O)[C@@H](OC4OC(CO)[C@@H](OC)[C@H](O)[C@@H]4O)[C@H](O)[C@@H]3O)[C@@H](O)[C@@H]2O)[C@@H](O)[C@@H](O)[C@@H]1O. The second-order valence-electron chi connectivity index (χ2n) is 17.5. The van der Waals surface area contributed by atoms with Crippen LogP contribution in [0.1, 0.15) is 0 Å². The van der Waals surface area contributed by atoms with E-state index in [1.807, 2.05) is 0 Å². The molecule has 6 rings (SSSR count). The Hall–Kier alpha value is -1.24. The normalized spacial score (nSPS) is 51.6. The Labute approximate surface area is 398 Å². The summed E-state index contributed by atoms with van der Waals surface area (Å²) in [7, 11) is 3.62. The fourth-order valence-corrected chi connectivity index (χ4v) is 8.99. The first kappa shape index (κ1) is 58.0. The maximum absolute atomic E-state index is 11.6. The Morgan fingerprint density at radius 2 is 0.643 bits per heavy atom. The molecule has 30 atom stereocenters. The zero-order valence-corrected chi connectivity index (χ0v) is 37.9. The summed E-state index contributed by atoms with van der Waals surface area (Å²) >= 11 is 0. The van der Waals surface area contributed by atoms with Crippen molar-refractivity contribution >= 4 is 0 Å². The van der Waals surface area contributed by atoms with Crippen molar-refractivity contribution in [1.82, 2.24) is 0 Å². The highest BCUT2D eigenvalue weighted by Gasteiger charge is 2.56. The molecule has 0 aliphatic carbocycles. The van der Waals surface area contributed by atoms with Crippen LogP contribution in [-0.2, 0) is 66.3 Å². The molecule has 6 heterocycles. The monoisotopic (exact) mass is 1030 g/mol. The summed E-state index contributed by atoms with van der Waals surface area (Å²) < 4.78 is 78.2. The lowest BCUT2D eigenvalue weighted by atomic mass is 9.96. The van der Waals surface area contributed by atoms with E-state index in [9.17, 15) is 86.8 Å². The first-order valence-corrected chi connectivity index (χ1v) is 22.3. The molecule has 0 amide bonds. The number of hydrogen-bond acceptors (Lipinski definition) is 31. The van der Waals surface area contributed by atoms with Crippen molar-refractivity contribution in [2.45, 2.75) is 184 Å². The predicted molar refractivity (Wildman–Crippen MR) is 214 cm³/mol. The van der Waals surface area contributed by atoms with E-state index in [2.05, 4.69) is 0 Å². The molecule has 6 fully saturated rings. The average molecular weight is 1030 g/mol. The molecule has 0 spiro atoms. The largest absolute Gasteiger partial charge is 0.394 e. The summed E-state index contributed by atoms with van der Waals surface area (Å²) in [4.78, 5) is 0. The Bertz CT molecular complexity index is 1560. The fourth-order valence-electron chi connectivity index (χ4n) is 8.99. The van der Waals surface area contributed by atoms with Crippen molar-refractivity contribution in [3.63, 3.8) is 0 Å². The highest BCUT2D eigenvalue weighted by Crippen LogP contribution is 2.36. The highest BCUT2D eigenvalue weighted by atomic mass is 16.8. The molecule has 6 aliphatic rings. The molecular formula is C39H68O31. The molecule has 0 aromatic carbocycles. The van der Waals surface area contributed by atoms with E-state index in [0.29, 0.717) is 0 Å². The van der Waals surface area contributed by atoms with Crippen LogP contribution in [0.15, 0.2) is 0 Å². The molecule has 0 radical (unpaired) electrons. The van der Waals surface area contributed by atoms with E-state index in [-0.39, 0.29) is 6.61 Å². The van der Waals surface area contributed by atoms with Crippen LogP contribution in [0.5, 0.6) is 0 Å². The number of rotatable bonds is 19. The topological polar surface area (TPSA) is 473 Å². The molecule has 6 saturated heterocycles. The molecule has 0 bridgehead atoms. The first-order chi connectivity index (χ1) is 33.3. The third-order valence-electron chi connectivity index (χ3n) is 13.0. The minimum Gasteiger partial charge on any atom is -0.394 e. The number of ether oxygens (including phenoxy) is 14. The van der Waals surface area contributed by atoms with Crippen molar-refractivity contribution in [2.24, 2.45) is 0 Å². The van der Waals surface area contributed by atoms with Crippen LogP contribution < -0.4 is 0 Å². The van der Waals surface area contributed by atoms with Gasteiger partial charge >= 0.3 is 0 Å². The summed E-state index contributed by atoms with van der Waals surface area (Å²) in [6.07, 6.45) is -53.7. The summed E-state index contributed by atoms with van der Waals surface area (Å²) in [5, 5.41) is 182. The van der Waals surface area contributed by atoms with Crippen molar-refractivity contribution in [2.75, 3.05) is 61.0 Å². The van der Waals surface area contributed by atoms with E-state index in [1.54, 1.807) is 0 Å². The number of hydrogen-bond donors (Lipinski definition) is 17. The number of aliphatic hydroxyl groups is 17. The molecule has 31 heteroatoms. The Balaban J connectivity index is 1.23. The van der Waals surface area contributed by atoms with Gasteiger partial charge in [-0.05, 0) is 0 Å². The average Bonchev–Trinajstić information content (AvgIpc) is 3.35. The van der Waals surface area contributed by atoms with Crippen LogP contribution in [0.25, 0.3) is 0 Å². The first-order valence-electron chi connectivity index (χ1n) is 22.3. The molecule has 0 aromatic heterocycles. The molecule has 0 aromatic rings. The van der Waals surface area contributed by atoms with Crippen LogP contribution >= 0.6 is 0 Å². The minimum atomic E-state index is -2.16. The van der Waals surface area contributed by atoms with Crippen molar-refractivity contribution in [3.8, 4) is 0 Å². The lowest BCUT2D eigenvalue weighted by Crippen LogP contribution is -2.67. The van der Waals surface area contributed by atoms with Gasteiger partial charge in [0.15, 0.2) is 37.7 Å². The second-order valence-corrected chi connectivity index (χ2v) is 17.5. The van der Waals surface area contributed by atoms with Crippen molar-refractivity contribution < 1.29 is 153 Å². The number of methoxy groups -OCH3 is 3. The van der Waals surface area contributed by atoms with E-state index in [0.717, 1.165) is 0 Å². The molecule has 70 heavy (non-hydrogen) atoms. The van der Waals surface area contributed by atoms with E-state index < -0.39 is 217 Å². The molecule has 0 saturated carbocycles. The molecule has 31 nitrogen and oxygen atoms in total. The molecule has 17 N–H and O–H groups in total. The van der Waals surface area contributed by atoms with Gasteiger partial charge in [-0.3, -0.25) is 0 Å². The van der Waals surface area contributed by atoms with E-state index in [4.69, 9.17) is 66.3 Å². The van der Waals surface area contributed by atoms with Gasteiger partial charge in [0.25, 0.3) is 0 Å². The van der Waals surface area contributed by atoms with E-state index >= 15 is 0 Å². The Morgan fingerprint density at radius 1 is 0.300 bits per heavy atom. The quantitative estimate of drug-likeness (QED) is 0.0571. The summed E-state index contributed by atoms with van der Waals surface area (Å²) in [5.74, 6) is 0. The smallest absolute Gasteiger partial charge is 0.187 e. The molecule has 6 aliphatic heterocycles. The summed E-state index contributed by atoms with van der Waals surface area (Å²) in [5.41, 5.74) is 0. The van der Waals surface area contributed by atoms with Gasteiger partial charge < -0.3 is 153 Å². The maximum atomic E-state index is 11.6. The van der Waals surface area contributed by atoms with Crippen LogP contribution in [-0.4, -0.2) is 332 Å². The van der Waals surface area contributed by atoms with Crippen LogP contribution in [0, 0.1) is 0 Å². The standard InChI is InChI=1S/C39H68O31/c1-57-7-13-16(43)18(45)25(52)37(65-13)70-33-19(46)17(44)14(66-39(33)69-31-12(6-42)62-34(56)24(51)20(31)47)8-60-36-27(54)23(50)32(68-38-28(55)22(49)30(59-3)11(5-41)64-38)15(67-36)9-61-35-26(53)21(48)29(58-2)10(4-40)63-35/h10-56H,4-9H2,1-3H3/t10?,11?,12?,13?,14?,15?,16-,17-,18+,19+,20-,21-,22-,23-,24+,25+,26+,27+,28+,29-,30-,31-,32-,33+,34?,35?,36?,37?,38?,39?/m1/s1. The van der Waals surface area contributed by atoms with Crippen LogP contribution in [0.4, 0.5) is 0 Å². The Morgan fingerprint density at radius 3 is 1.17 bits per heavy atom. The lowest BCUT2D eigenvalue weighted by Gasteiger charge is -2.49. The maximum Gasteiger partial charge on any atom is 0.187 e.